The number of amides is 1. The largest absolute Gasteiger partial charge is 0.490 e. The lowest BCUT2D eigenvalue weighted by molar-refractivity contribution is -0.130. The van der Waals surface area contributed by atoms with E-state index in [1.54, 1.807) is 11.5 Å². The van der Waals surface area contributed by atoms with Gasteiger partial charge in [0.05, 0.1) is 24.2 Å². The topological polar surface area (TPSA) is 45.7 Å². The lowest BCUT2D eigenvalue weighted by Crippen LogP contribution is -2.36. The van der Waals surface area contributed by atoms with Crippen LogP contribution in [0.1, 0.15) is 61.1 Å². The summed E-state index contributed by atoms with van der Waals surface area (Å²) < 4.78 is 11.0. The number of hydrogen-bond donors (Lipinski definition) is 0. The first-order valence-electron chi connectivity index (χ1n) is 14.2. The van der Waals surface area contributed by atoms with Crippen molar-refractivity contribution in [2.45, 2.75) is 58.9 Å². The molecule has 1 aliphatic rings. The number of hydrogen-bond acceptors (Lipinski definition) is 5. The van der Waals surface area contributed by atoms with E-state index in [2.05, 4.69) is 78.6 Å². The van der Waals surface area contributed by atoms with Gasteiger partial charge in [-0.15, -0.1) is 0 Å². The van der Waals surface area contributed by atoms with Crippen LogP contribution in [0.5, 0.6) is 5.75 Å². The zero-order chi connectivity index (χ0) is 27.2. The monoisotopic (exact) mass is 541 g/mol. The fraction of sp³-hybridized carbons (Fsp3) is 0.394. The fourth-order valence-electron chi connectivity index (χ4n) is 5.33. The van der Waals surface area contributed by atoms with Gasteiger partial charge in [-0.3, -0.25) is 4.79 Å². The smallest absolute Gasteiger partial charge is 0.227 e. The molecule has 0 saturated carbocycles. The van der Waals surface area contributed by atoms with Crippen molar-refractivity contribution < 1.29 is 9.53 Å². The highest BCUT2D eigenvalue weighted by Crippen LogP contribution is 2.31. The van der Waals surface area contributed by atoms with Gasteiger partial charge < -0.3 is 14.5 Å². The Morgan fingerprint density at radius 1 is 0.974 bits per heavy atom. The molecule has 0 unspecified atom stereocenters. The number of benzene rings is 3. The molecule has 0 N–H and O–H groups in total. The van der Waals surface area contributed by atoms with Crippen LogP contribution in [0.2, 0.25) is 0 Å². The van der Waals surface area contributed by atoms with Gasteiger partial charge in [-0.2, -0.15) is 4.37 Å². The number of nitrogens with zero attached hydrogens (tertiary/aromatic N) is 3. The maximum atomic E-state index is 13.5. The molecule has 204 valence electrons. The maximum absolute atomic E-state index is 13.5. The molecule has 0 aliphatic carbocycles. The molecule has 0 fully saturated rings. The Kier molecular flexibility index (Phi) is 8.82. The summed E-state index contributed by atoms with van der Waals surface area (Å²) in [5, 5.41) is 1.18. The molecule has 0 spiro atoms. The predicted molar refractivity (Wildman–Crippen MR) is 162 cm³/mol. The molecule has 3 aromatic carbocycles. The van der Waals surface area contributed by atoms with Crippen molar-refractivity contribution in [3.63, 3.8) is 0 Å². The number of carbonyl (C=O) groups is 1. The highest BCUT2D eigenvalue weighted by Gasteiger charge is 2.20. The molecule has 1 aromatic heterocycles. The van der Waals surface area contributed by atoms with E-state index >= 15 is 0 Å². The van der Waals surface area contributed by atoms with Crippen molar-refractivity contribution >= 4 is 34.0 Å². The Labute approximate surface area is 236 Å². The van der Waals surface area contributed by atoms with Crippen molar-refractivity contribution in [2.75, 3.05) is 31.1 Å². The summed E-state index contributed by atoms with van der Waals surface area (Å²) in [6.45, 7) is 10.1. The third-order valence-electron chi connectivity index (χ3n) is 7.63. The number of carbonyl (C=O) groups excluding carboxylic acids is 1. The lowest BCUT2D eigenvalue weighted by atomic mass is 10.0. The van der Waals surface area contributed by atoms with Gasteiger partial charge in [0.2, 0.25) is 5.91 Å². The Morgan fingerprint density at radius 2 is 1.77 bits per heavy atom. The first kappa shape index (κ1) is 27.2. The van der Waals surface area contributed by atoms with Gasteiger partial charge in [-0.05, 0) is 65.5 Å². The number of ether oxygens (including phenoxy) is 1. The number of aryl methyl sites for hydroxylation is 1. The molecule has 39 heavy (non-hydrogen) atoms. The Balaban J connectivity index is 1.29. The van der Waals surface area contributed by atoms with Crippen LogP contribution in [0.4, 0.5) is 5.69 Å². The molecule has 5 rings (SSSR count). The summed E-state index contributed by atoms with van der Waals surface area (Å²) in [6, 6.07) is 23.5. The molecular formula is C33H39N3O2S. The van der Waals surface area contributed by atoms with Crippen molar-refractivity contribution in [1.82, 2.24) is 9.27 Å². The third-order valence-corrected chi connectivity index (χ3v) is 8.64. The Bertz CT molecular complexity index is 1400. The average Bonchev–Trinajstić information content (AvgIpc) is 3.37. The zero-order valence-corrected chi connectivity index (χ0v) is 24.2. The van der Waals surface area contributed by atoms with Crippen LogP contribution in [0.15, 0.2) is 66.7 Å². The summed E-state index contributed by atoms with van der Waals surface area (Å²) in [5.41, 5.74) is 5.77. The van der Waals surface area contributed by atoms with Crippen LogP contribution in [0, 0.1) is 0 Å². The van der Waals surface area contributed by atoms with Crippen molar-refractivity contribution in [3.8, 4) is 5.75 Å². The Hall–Kier alpha value is -3.38. The van der Waals surface area contributed by atoms with Crippen molar-refractivity contribution in [2.24, 2.45) is 0 Å². The summed E-state index contributed by atoms with van der Waals surface area (Å²) in [5.74, 6) is 1.55. The second-order valence-corrected chi connectivity index (χ2v) is 11.5. The average molecular weight is 542 g/mol. The number of anilines is 1. The van der Waals surface area contributed by atoms with E-state index in [-0.39, 0.29) is 5.91 Å². The van der Waals surface area contributed by atoms with Crippen LogP contribution in [0.25, 0.3) is 10.9 Å². The van der Waals surface area contributed by atoms with Gasteiger partial charge in [0.25, 0.3) is 0 Å². The molecule has 5 nitrogen and oxygen atoms in total. The molecule has 0 saturated heterocycles. The van der Waals surface area contributed by atoms with Crippen LogP contribution in [-0.2, 0) is 24.2 Å². The van der Waals surface area contributed by atoms with Crippen LogP contribution in [-0.4, -0.2) is 41.4 Å². The maximum Gasteiger partial charge on any atom is 0.227 e. The van der Waals surface area contributed by atoms with E-state index < -0.39 is 0 Å². The second-order valence-electron chi connectivity index (χ2n) is 10.7. The standard InChI is InChI=1S/C33H39N3O2S/c1-4-31-28-11-9-10-27(33(28)34-39-31)22-32(37)35-18-7-8-19-36(23-25-14-16-26(17-15-25)24(2)3)29-12-5-6-13-30(29)38-21-20-35/h5-6,9-17,24H,4,7-8,18-23H2,1-3H3. The quantitative estimate of drug-likeness (QED) is 0.258. The lowest BCUT2D eigenvalue weighted by Gasteiger charge is -2.27. The van der Waals surface area contributed by atoms with Gasteiger partial charge in [0.1, 0.15) is 12.4 Å². The van der Waals surface area contributed by atoms with Gasteiger partial charge in [-0.1, -0.05) is 75.4 Å². The summed E-state index contributed by atoms with van der Waals surface area (Å²) in [4.78, 5) is 19.2. The van der Waals surface area contributed by atoms with E-state index in [1.807, 2.05) is 23.1 Å². The summed E-state index contributed by atoms with van der Waals surface area (Å²) in [7, 11) is 0. The molecule has 6 heteroatoms. The van der Waals surface area contributed by atoms with Crippen molar-refractivity contribution in [1.29, 1.82) is 0 Å². The summed E-state index contributed by atoms with van der Waals surface area (Å²) >= 11 is 1.55. The van der Waals surface area contributed by atoms with Crippen LogP contribution < -0.4 is 9.64 Å². The van der Waals surface area contributed by atoms with Gasteiger partial charge >= 0.3 is 0 Å². The van der Waals surface area contributed by atoms with Crippen LogP contribution in [0.3, 0.4) is 0 Å². The molecule has 4 aromatic rings. The summed E-state index contributed by atoms with van der Waals surface area (Å²) in [6.07, 6.45) is 3.30. The molecule has 1 aliphatic heterocycles. The van der Waals surface area contributed by atoms with Gasteiger partial charge in [0.15, 0.2) is 0 Å². The minimum atomic E-state index is 0.145. The van der Waals surface area contributed by atoms with E-state index in [0.29, 0.717) is 25.5 Å². The molecule has 0 radical (unpaired) electrons. The molecule has 0 bridgehead atoms. The molecule has 2 heterocycles. The van der Waals surface area contributed by atoms with Gasteiger partial charge in [0, 0.05) is 29.9 Å². The van der Waals surface area contributed by atoms with Gasteiger partial charge in [-0.25, -0.2) is 0 Å². The molecule has 0 atom stereocenters. The number of rotatable bonds is 6. The number of para-hydroxylation sites is 2. The van der Waals surface area contributed by atoms with E-state index in [1.165, 1.54) is 21.4 Å². The first-order valence-corrected chi connectivity index (χ1v) is 15.0. The highest BCUT2D eigenvalue weighted by atomic mass is 32.1. The zero-order valence-electron chi connectivity index (χ0n) is 23.4. The third kappa shape index (κ3) is 6.44. The SMILES string of the molecule is CCc1snc2c(CC(=O)N3CCCCN(Cc4ccc(C(C)C)cc4)c4ccccc4OCC3)cccc12. The van der Waals surface area contributed by atoms with Crippen molar-refractivity contribution in [3.05, 3.63) is 88.3 Å². The molecular weight excluding hydrogens is 502 g/mol. The predicted octanol–water partition coefficient (Wildman–Crippen LogP) is 7.23. The first-order chi connectivity index (χ1) is 19.0. The highest BCUT2D eigenvalue weighted by molar-refractivity contribution is 7.07. The fourth-order valence-corrected chi connectivity index (χ4v) is 6.14. The van der Waals surface area contributed by atoms with E-state index in [0.717, 1.165) is 61.4 Å². The minimum absolute atomic E-state index is 0.145. The number of fused-ring (bicyclic) bond motifs is 2. The van der Waals surface area contributed by atoms with Crippen LogP contribution >= 0.6 is 11.5 Å². The second kappa shape index (κ2) is 12.6. The normalized spacial score (nSPS) is 14.7. The molecule has 1 amide bonds. The minimum Gasteiger partial charge on any atom is -0.490 e. The Morgan fingerprint density at radius 3 is 2.56 bits per heavy atom. The number of aromatic nitrogens is 1. The van der Waals surface area contributed by atoms with E-state index in [4.69, 9.17) is 4.74 Å². The van der Waals surface area contributed by atoms with E-state index in [9.17, 15) is 4.79 Å².